The maximum Gasteiger partial charge on any atom is 0.451 e. The van der Waals surface area contributed by atoms with Crippen LogP contribution in [0.2, 0.25) is 0 Å². The molecule has 0 aromatic carbocycles. The minimum Gasteiger partial charge on any atom is -0.373 e. The van der Waals surface area contributed by atoms with Crippen LogP contribution in [0, 0.1) is 0 Å². The molecule has 1 N–H and O–H groups in total. The van der Waals surface area contributed by atoms with E-state index in [2.05, 4.69) is 20.3 Å². The molecular formula is C12H11F3N4. The van der Waals surface area contributed by atoms with E-state index in [9.17, 15) is 13.2 Å². The van der Waals surface area contributed by atoms with Crippen molar-refractivity contribution in [3.05, 3.63) is 47.7 Å². The second-order valence-electron chi connectivity index (χ2n) is 3.85. The zero-order valence-electron chi connectivity index (χ0n) is 10.1. The summed E-state index contributed by atoms with van der Waals surface area (Å²) in [6.45, 7) is 0. The standard InChI is InChI=1S/C12H11F3N4/c1-16-10-6-9(5-8-3-2-4-17-7-8)18-11(19-10)12(13,14)15/h2-4,6-7H,5H2,1H3,(H,16,18,19). The fourth-order valence-corrected chi connectivity index (χ4v) is 1.55. The number of nitrogens with one attached hydrogen (secondary N) is 1. The van der Waals surface area contributed by atoms with E-state index in [0.717, 1.165) is 5.56 Å². The summed E-state index contributed by atoms with van der Waals surface area (Å²) in [5.41, 5.74) is 1.08. The zero-order valence-corrected chi connectivity index (χ0v) is 10.1. The normalized spacial score (nSPS) is 11.4. The van der Waals surface area contributed by atoms with Crippen LogP contribution in [0.1, 0.15) is 17.1 Å². The van der Waals surface area contributed by atoms with E-state index in [4.69, 9.17) is 0 Å². The molecule has 7 heteroatoms. The second-order valence-corrected chi connectivity index (χ2v) is 3.85. The summed E-state index contributed by atoms with van der Waals surface area (Å²) in [7, 11) is 1.51. The molecule has 0 aliphatic carbocycles. The Morgan fingerprint density at radius 2 is 2.05 bits per heavy atom. The Balaban J connectivity index is 2.35. The molecule has 100 valence electrons. The molecule has 0 amide bonds. The van der Waals surface area contributed by atoms with Gasteiger partial charge in [0, 0.05) is 31.9 Å². The Kier molecular flexibility index (Phi) is 3.64. The first kappa shape index (κ1) is 13.3. The van der Waals surface area contributed by atoms with Crippen molar-refractivity contribution in [2.45, 2.75) is 12.6 Å². The minimum absolute atomic E-state index is 0.140. The molecule has 0 radical (unpaired) electrons. The highest BCUT2D eigenvalue weighted by atomic mass is 19.4. The van der Waals surface area contributed by atoms with Gasteiger partial charge in [-0.05, 0) is 11.6 Å². The van der Waals surface area contributed by atoms with Crippen molar-refractivity contribution >= 4 is 5.82 Å². The smallest absolute Gasteiger partial charge is 0.373 e. The predicted molar refractivity (Wildman–Crippen MR) is 63.6 cm³/mol. The van der Waals surface area contributed by atoms with Gasteiger partial charge in [-0.1, -0.05) is 6.07 Å². The molecule has 2 aromatic rings. The molecule has 2 heterocycles. The summed E-state index contributed by atoms with van der Waals surface area (Å²) >= 11 is 0. The molecule has 19 heavy (non-hydrogen) atoms. The second kappa shape index (κ2) is 5.21. The van der Waals surface area contributed by atoms with Crippen molar-refractivity contribution in [3.8, 4) is 0 Å². The van der Waals surface area contributed by atoms with Crippen LogP contribution in [0.3, 0.4) is 0 Å². The van der Waals surface area contributed by atoms with E-state index in [1.807, 2.05) is 0 Å². The number of alkyl halides is 3. The summed E-state index contributed by atoms with van der Waals surface area (Å²) < 4.78 is 38.0. The van der Waals surface area contributed by atoms with Gasteiger partial charge >= 0.3 is 6.18 Å². The van der Waals surface area contributed by atoms with E-state index in [-0.39, 0.29) is 12.2 Å². The van der Waals surface area contributed by atoms with Crippen LogP contribution in [0.25, 0.3) is 0 Å². The molecule has 0 atom stereocenters. The number of hydrogen-bond acceptors (Lipinski definition) is 4. The summed E-state index contributed by atoms with van der Waals surface area (Å²) in [4.78, 5) is 10.9. The first-order chi connectivity index (χ1) is 8.99. The highest BCUT2D eigenvalue weighted by molar-refractivity contribution is 5.37. The first-order valence-corrected chi connectivity index (χ1v) is 5.51. The number of pyridine rings is 1. The van der Waals surface area contributed by atoms with Crippen LogP contribution in [0.5, 0.6) is 0 Å². The number of halogens is 3. The molecular weight excluding hydrogens is 257 g/mol. The third-order valence-electron chi connectivity index (χ3n) is 2.40. The maximum absolute atomic E-state index is 12.7. The van der Waals surface area contributed by atoms with Crippen LogP contribution in [-0.2, 0) is 12.6 Å². The highest BCUT2D eigenvalue weighted by Gasteiger charge is 2.35. The molecule has 0 spiro atoms. The average Bonchev–Trinajstić information content (AvgIpc) is 2.38. The van der Waals surface area contributed by atoms with Gasteiger partial charge < -0.3 is 5.32 Å². The molecule has 0 bridgehead atoms. The third kappa shape index (κ3) is 3.40. The number of nitrogens with zero attached hydrogens (tertiary/aromatic N) is 3. The summed E-state index contributed by atoms with van der Waals surface area (Å²) in [6, 6.07) is 4.99. The predicted octanol–water partition coefficient (Wildman–Crippen LogP) is 2.52. The lowest BCUT2D eigenvalue weighted by atomic mass is 10.1. The summed E-state index contributed by atoms with van der Waals surface area (Å²) in [5, 5.41) is 2.60. The van der Waals surface area contributed by atoms with E-state index in [1.165, 1.54) is 13.1 Å². The molecule has 0 saturated heterocycles. The van der Waals surface area contributed by atoms with Crippen LogP contribution < -0.4 is 5.32 Å². The Morgan fingerprint density at radius 1 is 1.26 bits per heavy atom. The van der Waals surface area contributed by atoms with Gasteiger partial charge in [0.2, 0.25) is 5.82 Å². The number of aromatic nitrogens is 3. The van der Waals surface area contributed by atoms with Crippen molar-refractivity contribution in [2.24, 2.45) is 0 Å². The van der Waals surface area contributed by atoms with Gasteiger partial charge in [-0.25, -0.2) is 9.97 Å². The Labute approximate surface area is 107 Å². The van der Waals surface area contributed by atoms with E-state index < -0.39 is 12.0 Å². The first-order valence-electron chi connectivity index (χ1n) is 5.51. The lowest BCUT2D eigenvalue weighted by molar-refractivity contribution is -0.145. The fraction of sp³-hybridized carbons (Fsp3) is 0.250. The SMILES string of the molecule is CNc1cc(Cc2cccnc2)nc(C(F)(F)F)n1. The maximum atomic E-state index is 12.7. The molecule has 2 rings (SSSR count). The molecule has 0 fully saturated rings. The lowest BCUT2D eigenvalue weighted by Crippen LogP contribution is -2.14. The zero-order chi connectivity index (χ0) is 13.9. The van der Waals surface area contributed by atoms with Gasteiger partial charge in [0.1, 0.15) is 5.82 Å². The number of hydrogen-bond donors (Lipinski definition) is 1. The third-order valence-corrected chi connectivity index (χ3v) is 2.40. The minimum atomic E-state index is -4.56. The van der Waals surface area contributed by atoms with Crippen molar-refractivity contribution in [3.63, 3.8) is 0 Å². The molecule has 0 aliphatic heterocycles. The van der Waals surface area contributed by atoms with E-state index in [1.54, 1.807) is 24.5 Å². The highest BCUT2D eigenvalue weighted by Crippen LogP contribution is 2.27. The Morgan fingerprint density at radius 3 is 2.63 bits per heavy atom. The summed E-state index contributed by atoms with van der Waals surface area (Å²) in [5.74, 6) is -1.00. The Bertz CT molecular complexity index is 555. The van der Waals surface area contributed by atoms with Crippen molar-refractivity contribution < 1.29 is 13.2 Å². The van der Waals surface area contributed by atoms with Crippen LogP contribution in [0.15, 0.2) is 30.6 Å². The summed E-state index contributed by atoms with van der Waals surface area (Å²) in [6.07, 6.45) is -1.09. The fourth-order valence-electron chi connectivity index (χ4n) is 1.55. The van der Waals surface area contributed by atoms with Crippen molar-refractivity contribution in [1.29, 1.82) is 0 Å². The van der Waals surface area contributed by atoms with Gasteiger partial charge in [0.05, 0.1) is 5.69 Å². The number of anilines is 1. The molecule has 2 aromatic heterocycles. The lowest BCUT2D eigenvalue weighted by Gasteiger charge is -2.09. The van der Waals surface area contributed by atoms with E-state index in [0.29, 0.717) is 5.69 Å². The molecule has 4 nitrogen and oxygen atoms in total. The van der Waals surface area contributed by atoms with Gasteiger partial charge in [-0.3, -0.25) is 4.98 Å². The van der Waals surface area contributed by atoms with Gasteiger partial charge in [0.25, 0.3) is 0 Å². The monoisotopic (exact) mass is 268 g/mol. The largest absolute Gasteiger partial charge is 0.451 e. The quantitative estimate of drug-likeness (QED) is 0.929. The van der Waals surface area contributed by atoms with Gasteiger partial charge in [-0.2, -0.15) is 13.2 Å². The average molecular weight is 268 g/mol. The topological polar surface area (TPSA) is 50.7 Å². The van der Waals surface area contributed by atoms with Crippen LogP contribution >= 0.6 is 0 Å². The Hall–Kier alpha value is -2.18. The van der Waals surface area contributed by atoms with Gasteiger partial charge in [0.15, 0.2) is 0 Å². The van der Waals surface area contributed by atoms with Crippen LogP contribution in [-0.4, -0.2) is 22.0 Å². The van der Waals surface area contributed by atoms with Crippen molar-refractivity contribution in [2.75, 3.05) is 12.4 Å². The molecule has 0 aliphatic rings. The van der Waals surface area contributed by atoms with E-state index >= 15 is 0 Å². The van der Waals surface area contributed by atoms with Gasteiger partial charge in [-0.15, -0.1) is 0 Å². The van der Waals surface area contributed by atoms with Crippen molar-refractivity contribution in [1.82, 2.24) is 15.0 Å². The van der Waals surface area contributed by atoms with Crippen LogP contribution in [0.4, 0.5) is 19.0 Å². The molecule has 0 unspecified atom stereocenters. The number of rotatable bonds is 3. The molecule has 0 saturated carbocycles.